The van der Waals surface area contributed by atoms with Crippen LogP contribution in [0, 0.1) is 5.92 Å². The van der Waals surface area contributed by atoms with E-state index in [1.165, 1.54) is 0 Å². The number of methoxy groups -OCH3 is 1. The molecule has 0 aliphatic carbocycles. The third-order valence-electron chi connectivity index (χ3n) is 3.02. The highest BCUT2D eigenvalue weighted by Gasteiger charge is 2.15. The van der Waals surface area contributed by atoms with Gasteiger partial charge < -0.3 is 4.74 Å². The molecule has 1 aromatic carbocycles. The van der Waals surface area contributed by atoms with Crippen molar-refractivity contribution < 1.29 is 13.2 Å². The first-order valence-corrected chi connectivity index (χ1v) is 8.65. The fourth-order valence-electron chi connectivity index (χ4n) is 2.15. The molecular weight excluding hydrogens is 300 g/mol. The summed E-state index contributed by atoms with van der Waals surface area (Å²) >= 11 is 0. The number of hydrogen-bond donors (Lipinski definition) is 1. The summed E-state index contributed by atoms with van der Waals surface area (Å²) in [5.74, 6) is 0.837. The van der Waals surface area contributed by atoms with Crippen molar-refractivity contribution in [2.24, 2.45) is 5.92 Å². The standard InChI is InChI=1S/C16H20N2O3S/c1-12(2)11-22(19,20)18-16-7-8-17-10-15(16)13-5-4-6-14(9-13)21-3/h4-10,12H,11H2,1-3H3,(H,17,18). The SMILES string of the molecule is COc1cccc(-c2cnccc2NS(=O)(=O)CC(C)C)c1. The Morgan fingerprint density at radius 2 is 2.05 bits per heavy atom. The Kier molecular flexibility index (Phi) is 5.03. The minimum absolute atomic E-state index is 0.0552. The van der Waals surface area contributed by atoms with Gasteiger partial charge in [-0.15, -0.1) is 0 Å². The zero-order valence-electron chi connectivity index (χ0n) is 12.9. The summed E-state index contributed by atoms with van der Waals surface area (Å²) in [5.41, 5.74) is 2.08. The van der Waals surface area contributed by atoms with E-state index in [9.17, 15) is 8.42 Å². The summed E-state index contributed by atoms with van der Waals surface area (Å²) in [6.07, 6.45) is 3.21. The summed E-state index contributed by atoms with van der Waals surface area (Å²) < 4.78 is 32.2. The van der Waals surface area contributed by atoms with Gasteiger partial charge in [0.2, 0.25) is 10.0 Å². The smallest absolute Gasteiger partial charge is 0.232 e. The van der Waals surface area contributed by atoms with Crippen molar-refractivity contribution in [2.45, 2.75) is 13.8 Å². The Hall–Kier alpha value is -2.08. The van der Waals surface area contributed by atoms with E-state index in [0.717, 1.165) is 5.56 Å². The lowest BCUT2D eigenvalue weighted by Crippen LogP contribution is -2.20. The Morgan fingerprint density at radius 3 is 2.73 bits per heavy atom. The maximum atomic E-state index is 12.2. The van der Waals surface area contributed by atoms with E-state index in [1.807, 2.05) is 38.1 Å². The third kappa shape index (κ3) is 4.21. The molecule has 2 aromatic rings. The highest BCUT2D eigenvalue weighted by Crippen LogP contribution is 2.30. The minimum atomic E-state index is -3.39. The molecule has 0 saturated carbocycles. The van der Waals surface area contributed by atoms with Gasteiger partial charge in [-0.25, -0.2) is 8.42 Å². The lowest BCUT2D eigenvalue weighted by molar-refractivity contribution is 0.415. The van der Waals surface area contributed by atoms with Gasteiger partial charge in [-0.05, 0) is 29.7 Å². The van der Waals surface area contributed by atoms with Crippen molar-refractivity contribution >= 4 is 15.7 Å². The topological polar surface area (TPSA) is 68.3 Å². The van der Waals surface area contributed by atoms with Gasteiger partial charge in [0.1, 0.15) is 5.75 Å². The van der Waals surface area contributed by atoms with Crippen LogP contribution in [-0.4, -0.2) is 26.3 Å². The maximum absolute atomic E-state index is 12.2. The van der Waals surface area contributed by atoms with Gasteiger partial charge >= 0.3 is 0 Å². The van der Waals surface area contributed by atoms with Crippen molar-refractivity contribution in [1.29, 1.82) is 0 Å². The molecule has 118 valence electrons. The maximum Gasteiger partial charge on any atom is 0.232 e. The van der Waals surface area contributed by atoms with Gasteiger partial charge in [0.15, 0.2) is 0 Å². The monoisotopic (exact) mass is 320 g/mol. The summed E-state index contributed by atoms with van der Waals surface area (Å²) in [6.45, 7) is 3.74. The normalized spacial score (nSPS) is 11.5. The van der Waals surface area contributed by atoms with Crippen LogP contribution in [0.25, 0.3) is 11.1 Å². The van der Waals surface area contributed by atoms with E-state index in [1.54, 1.807) is 25.6 Å². The fraction of sp³-hybridized carbons (Fsp3) is 0.312. The van der Waals surface area contributed by atoms with Crippen molar-refractivity contribution in [2.75, 3.05) is 17.6 Å². The second-order valence-electron chi connectivity index (χ2n) is 5.43. The van der Waals surface area contributed by atoms with Crippen LogP contribution in [0.3, 0.4) is 0 Å². The number of ether oxygens (including phenoxy) is 1. The molecule has 1 aromatic heterocycles. The second-order valence-corrected chi connectivity index (χ2v) is 7.20. The summed E-state index contributed by atoms with van der Waals surface area (Å²) in [6, 6.07) is 9.08. The number of nitrogens with one attached hydrogen (secondary N) is 1. The van der Waals surface area contributed by atoms with Crippen LogP contribution in [0.4, 0.5) is 5.69 Å². The number of nitrogens with zero attached hydrogens (tertiary/aromatic N) is 1. The van der Waals surface area contributed by atoms with E-state index >= 15 is 0 Å². The first kappa shape index (κ1) is 16.3. The van der Waals surface area contributed by atoms with Gasteiger partial charge in [0.25, 0.3) is 0 Å². The van der Waals surface area contributed by atoms with Crippen LogP contribution >= 0.6 is 0 Å². The molecule has 0 amide bonds. The summed E-state index contributed by atoms with van der Waals surface area (Å²) in [4.78, 5) is 4.09. The van der Waals surface area contributed by atoms with Crippen molar-refractivity contribution in [3.8, 4) is 16.9 Å². The minimum Gasteiger partial charge on any atom is -0.497 e. The molecular formula is C16H20N2O3S. The highest BCUT2D eigenvalue weighted by molar-refractivity contribution is 7.92. The first-order chi connectivity index (χ1) is 10.4. The molecule has 0 radical (unpaired) electrons. The van der Waals surface area contributed by atoms with Gasteiger partial charge in [-0.1, -0.05) is 26.0 Å². The van der Waals surface area contributed by atoms with E-state index in [4.69, 9.17) is 4.74 Å². The number of aromatic nitrogens is 1. The van der Waals surface area contributed by atoms with E-state index < -0.39 is 10.0 Å². The predicted molar refractivity (Wildman–Crippen MR) is 88.5 cm³/mol. The molecule has 0 fully saturated rings. The second kappa shape index (κ2) is 6.79. The van der Waals surface area contributed by atoms with Crippen LogP contribution in [0.5, 0.6) is 5.75 Å². The van der Waals surface area contributed by atoms with Crippen LogP contribution in [-0.2, 0) is 10.0 Å². The van der Waals surface area contributed by atoms with Gasteiger partial charge in [-0.3, -0.25) is 9.71 Å². The van der Waals surface area contributed by atoms with Crippen molar-refractivity contribution in [1.82, 2.24) is 4.98 Å². The molecule has 5 nitrogen and oxygen atoms in total. The van der Waals surface area contributed by atoms with Gasteiger partial charge in [0.05, 0.1) is 18.6 Å². The molecule has 0 unspecified atom stereocenters. The Labute approximate surface area is 131 Å². The zero-order chi connectivity index (χ0) is 16.2. The summed E-state index contributed by atoms with van der Waals surface area (Å²) in [7, 11) is -1.80. The van der Waals surface area contributed by atoms with E-state index in [-0.39, 0.29) is 11.7 Å². The molecule has 0 saturated heterocycles. The lowest BCUT2D eigenvalue weighted by atomic mass is 10.1. The largest absolute Gasteiger partial charge is 0.497 e. The quantitative estimate of drug-likeness (QED) is 0.887. The Balaban J connectivity index is 2.38. The Bertz CT molecular complexity index is 743. The van der Waals surface area contributed by atoms with E-state index in [2.05, 4.69) is 9.71 Å². The predicted octanol–water partition coefficient (Wildman–Crippen LogP) is 3.15. The van der Waals surface area contributed by atoms with E-state index in [0.29, 0.717) is 17.0 Å². The number of anilines is 1. The molecule has 0 bridgehead atoms. The molecule has 0 aliphatic heterocycles. The summed E-state index contributed by atoms with van der Waals surface area (Å²) in [5, 5.41) is 0. The van der Waals surface area contributed by atoms with Crippen molar-refractivity contribution in [3.63, 3.8) is 0 Å². The van der Waals surface area contributed by atoms with Crippen LogP contribution in [0.15, 0.2) is 42.7 Å². The van der Waals surface area contributed by atoms with Gasteiger partial charge in [0, 0.05) is 18.0 Å². The average Bonchev–Trinajstić information content (AvgIpc) is 2.46. The molecule has 0 aliphatic rings. The zero-order valence-corrected chi connectivity index (χ0v) is 13.7. The lowest BCUT2D eigenvalue weighted by Gasteiger charge is -2.14. The number of sulfonamides is 1. The molecule has 0 spiro atoms. The molecule has 1 heterocycles. The van der Waals surface area contributed by atoms with Crippen molar-refractivity contribution in [3.05, 3.63) is 42.7 Å². The molecule has 6 heteroatoms. The van der Waals surface area contributed by atoms with Crippen LogP contribution < -0.4 is 9.46 Å². The van der Waals surface area contributed by atoms with Crippen LogP contribution in [0.1, 0.15) is 13.8 Å². The van der Waals surface area contributed by atoms with Gasteiger partial charge in [-0.2, -0.15) is 0 Å². The first-order valence-electron chi connectivity index (χ1n) is 7.00. The molecule has 1 N–H and O–H groups in total. The Morgan fingerprint density at radius 1 is 1.27 bits per heavy atom. The number of pyridine rings is 1. The highest BCUT2D eigenvalue weighted by atomic mass is 32.2. The molecule has 0 atom stereocenters. The van der Waals surface area contributed by atoms with Crippen LogP contribution in [0.2, 0.25) is 0 Å². The average molecular weight is 320 g/mol. The number of rotatable bonds is 6. The molecule has 2 rings (SSSR count). The third-order valence-corrected chi connectivity index (χ3v) is 4.66. The fourth-order valence-corrected chi connectivity index (χ4v) is 3.63. The number of hydrogen-bond acceptors (Lipinski definition) is 4. The number of benzene rings is 1. The molecule has 22 heavy (non-hydrogen) atoms.